The molecular weight excluding hydrogens is 196 g/mol. The molecule has 1 atom stereocenters. The van der Waals surface area contributed by atoms with Crippen molar-refractivity contribution in [3.05, 3.63) is 0 Å². The van der Waals surface area contributed by atoms with Crippen LogP contribution in [0.3, 0.4) is 0 Å². The highest BCUT2D eigenvalue weighted by atomic mass is 16.4. The number of carboxylic acids is 1. The summed E-state index contributed by atoms with van der Waals surface area (Å²) in [5.41, 5.74) is 4.33. The van der Waals surface area contributed by atoms with Gasteiger partial charge in [-0.3, -0.25) is 4.79 Å². The minimum atomic E-state index is -1.08. The zero-order chi connectivity index (χ0) is 11.5. The predicted molar refractivity (Wildman–Crippen MR) is 55.2 cm³/mol. The van der Waals surface area contributed by atoms with E-state index < -0.39 is 17.6 Å². The standard InChI is InChI=1S/C10H18N2O3/c1-7(11)8(13)12-10(9(14)15)5-3-2-4-6-10/h7H,2-6,11H2,1H3,(H,12,13)(H,14,15). The summed E-state index contributed by atoms with van der Waals surface area (Å²) in [6.45, 7) is 1.55. The summed E-state index contributed by atoms with van der Waals surface area (Å²) < 4.78 is 0. The molecule has 1 unspecified atom stereocenters. The Morgan fingerprint density at radius 3 is 2.27 bits per heavy atom. The minimum Gasteiger partial charge on any atom is -0.480 e. The van der Waals surface area contributed by atoms with Gasteiger partial charge >= 0.3 is 5.97 Å². The number of carbonyl (C=O) groups excluding carboxylic acids is 1. The van der Waals surface area contributed by atoms with Crippen molar-refractivity contribution in [2.24, 2.45) is 5.73 Å². The van der Waals surface area contributed by atoms with Gasteiger partial charge in [0.2, 0.25) is 5.91 Å². The van der Waals surface area contributed by atoms with E-state index in [4.69, 9.17) is 10.8 Å². The van der Waals surface area contributed by atoms with Gasteiger partial charge in [0, 0.05) is 0 Å². The van der Waals surface area contributed by atoms with E-state index >= 15 is 0 Å². The molecule has 1 saturated carbocycles. The topological polar surface area (TPSA) is 92.4 Å². The molecule has 0 bridgehead atoms. The first-order chi connectivity index (χ1) is 6.98. The predicted octanol–water partition coefficient (Wildman–Crippen LogP) is 0.237. The quantitative estimate of drug-likeness (QED) is 0.627. The van der Waals surface area contributed by atoms with Crippen LogP contribution in [0.25, 0.3) is 0 Å². The fourth-order valence-corrected chi connectivity index (χ4v) is 1.90. The summed E-state index contributed by atoms with van der Waals surface area (Å²) in [6, 6.07) is -0.664. The molecule has 0 aliphatic heterocycles. The molecule has 86 valence electrons. The van der Waals surface area contributed by atoms with E-state index in [1.807, 2.05) is 0 Å². The Hall–Kier alpha value is -1.10. The number of amides is 1. The molecule has 1 amide bonds. The smallest absolute Gasteiger partial charge is 0.329 e. The monoisotopic (exact) mass is 214 g/mol. The molecule has 1 rings (SSSR count). The van der Waals surface area contributed by atoms with Crippen molar-refractivity contribution in [1.82, 2.24) is 5.32 Å². The van der Waals surface area contributed by atoms with Crippen LogP contribution >= 0.6 is 0 Å². The van der Waals surface area contributed by atoms with Crippen molar-refractivity contribution >= 4 is 11.9 Å². The summed E-state index contributed by atoms with van der Waals surface area (Å²) in [7, 11) is 0. The van der Waals surface area contributed by atoms with Gasteiger partial charge in [-0.15, -0.1) is 0 Å². The first-order valence-corrected chi connectivity index (χ1v) is 5.29. The molecular formula is C10H18N2O3. The third-order valence-electron chi connectivity index (χ3n) is 2.89. The molecule has 1 aliphatic carbocycles. The van der Waals surface area contributed by atoms with E-state index in [2.05, 4.69) is 5.32 Å². The van der Waals surface area contributed by atoms with E-state index in [9.17, 15) is 9.59 Å². The van der Waals surface area contributed by atoms with Crippen LogP contribution < -0.4 is 11.1 Å². The number of nitrogens with two attached hydrogens (primary N) is 1. The van der Waals surface area contributed by atoms with Crippen molar-refractivity contribution in [3.63, 3.8) is 0 Å². The van der Waals surface area contributed by atoms with Crippen molar-refractivity contribution < 1.29 is 14.7 Å². The fraction of sp³-hybridized carbons (Fsp3) is 0.800. The van der Waals surface area contributed by atoms with Gasteiger partial charge in [0.25, 0.3) is 0 Å². The average molecular weight is 214 g/mol. The maximum Gasteiger partial charge on any atom is 0.329 e. The molecule has 0 aromatic carbocycles. The van der Waals surface area contributed by atoms with Crippen LogP contribution in [0.2, 0.25) is 0 Å². The molecule has 0 aromatic heterocycles. The van der Waals surface area contributed by atoms with Crippen LogP contribution in [0, 0.1) is 0 Å². The second kappa shape index (κ2) is 4.61. The van der Waals surface area contributed by atoms with Crippen molar-refractivity contribution in [2.45, 2.75) is 50.6 Å². The van der Waals surface area contributed by atoms with E-state index in [0.29, 0.717) is 12.8 Å². The summed E-state index contributed by atoms with van der Waals surface area (Å²) >= 11 is 0. The molecule has 1 fully saturated rings. The Labute approximate surface area is 89.0 Å². The highest BCUT2D eigenvalue weighted by Crippen LogP contribution is 2.28. The Morgan fingerprint density at radius 2 is 1.87 bits per heavy atom. The summed E-state index contributed by atoms with van der Waals surface area (Å²) in [5.74, 6) is -1.34. The lowest BCUT2D eigenvalue weighted by atomic mass is 9.81. The van der Waals surface area contributed by atoms with Gasteiger partial charge in [0.15, 0.2) is 0 Å². The molecule has 5 nitrogen and oxygen atoms in total. The molecule has 5 heteroatoms. The van der Waals surface area contributed by atoms with E-state index in [0.717, 1.165) is 19.3 Å². The molecule has 1 aliphatic rings. The number of carboxylic acid groups (broad SMARTS) is 1. The Morgan fingerprint density at radius 1 is 1.33 bits per heavy atom. The van der Waals surface area contributed by atoms with Gasteiger partial charge in [-0.05, 0) is 19.8 Å². The number of carbonyl (C=O) groups is 2. The normalized spacial score (nSPS) is 21.7. The van der Waals surface area contributed by atoms with E-state index in [1.165, 1.54) is 0 Å². The molecule has 0 spiro atoms. The van der Waals surface area contributed by atoms with Gasteiger partial charge in [0.1, 0.15) is 5.54 Å². The zero-order valence-corrected chi connectivity index (χ0v) is 8.95. The van der Waals surface area contributed by atoms with Gasteiger partial charge in [-0.2, -0.15) is 0 Å². The molecule has 0 radical (unpaired) electrons. The lowest BCUT2D eigenvalue weighted by Gasteiger charge is -2.34. The molecule has 4 N–H and O–H groups in total. The highest BCUT2D eigenvalue weighted by Gasteiger charge is 2.41. The van der Waals surface area contributed by atoms with Crippen LogP contribution in [0.1, 0.15) is 39.0 Å². The van der Waals surface area contributed by atoms with E-state index in [-0.39, 0.29) is 5.91 Å². The van der Waals surface area contributed by atoms with Crippen LogP contribution in [0.4, 0.5) is 0 Å². The second-order valence-corrected chi connectivity index (χ2v) is 4.23. The first-order valence-electron chi connectivity index (χ1n) is 5.29. The number of aliphatic carboxylic acids is 1. The summed E-state index contributed by atoms with van der Waals surface area (Å²) in [5, 5.41) is 11.7. The molecule has 15 heavy (non-hydrogen) atoms. The molecule has 0 saturated heterocycles. The molecule has 0 aromatic rings. The van der Waals surface area contributed by atoms with Crippen molar-refractivity contribution in [2.75, 3.05) is 0 Å². The van der Waals surface area contributed by atoms with Crippen LogP contribution in [0.15, 0.2) is 0 Å². The average Bonchev–Trinajstić information content (AvgIpc) is 2.18. The van der Waals surface area contributed by atoms with Crippen LogP contribution in [-0.4, -0.2) is 28.6 Å². The first kappa shape index (κ1) is 12.0. The van der Waals surface area contributed by atoms with Crippen LogP contribution in [-0.2, 0) is 9.59 Å². The fourth-order valence-electron chi connectivity index (χ4n) is 1.90. The third kappa shape index (κ3) is 2.68. The Bertz CT molecular complexity index is 257. The SMILES string of the molecule is CC(N)C(=O)NC1(C(=O)O)CCCCC1. The third-order valence-corrected chi connectivity index (χ3v) is 2.89. The molecule has 0 heterocycles. The number of hydrogen-bond donors (Lipinski definition) is 3. The second-order valence-electron chi connectivity index (χ2n) is 4.23. The lowest BCUT2D eigenvalue weighted by Crippen LogP contribution is -2.58. The van der Waals surface area contributed by atoms with E-state index in [1.54, 1.807) is 6.92 Å². The highest BCUT2D eigenvalue weighted by molar-refractivity contribution is 5.89. The van der Waals surface area contributed by atoms with Crippen molar-refractivity contribution in [3.8, 4) is 0 Å². The van der Waals surface area contributed by atoms with Gasteiger partial charge in [-0.25, -0.2) is 4.79 Å². The summed E-state index contributed by atoms with van der Waals surface area (Å²) in [4.78, 5) is 22.6. The largest absolute Gasteiger partial charge is 0.480 e. The summed E-state index contributed by atoms with van der Waals surface area (Å²) in [6.07, 6.45) is 3.71. The van der Waals surface area contributed by atoms with Gasteiger partial charge in [0.05, 0.1) is 6.04 Å². The van der Waals surface area contributed by atoms with Gasteiger partial charge < -0.3 is 16.2 Å². The maximum atomic E-state index is 11.4. The number of rotatable bonds is 3. The zero-order valence-electron chi connectivity index (χ0n) is 8.95. The van der Waals surface area contributed by atoms with Crippen LogP contribution in [0.5, 0.6) is 0 Å². The van der Waals surface area contributed by atoms with Gasteiger partial charge in [-0.1, -0.05) is 19.3 Å². The van der Waals surface area contributed by atoms with Crippen molar-refractivity contribution in [1.29, 1.82) is 0 Å². The number of hydrogen-bond acceptors (Lipinski definition) is 3. The minimum absolute atomic E-state index is 0.390. The Balaban J connectivity index is 2.73. The number of nitrogens with one attached hydrogen (secondary N) is 1. The lowest BCUT2D eigenvalue weighted by molar-refractivity contribution is -0.149. The maximum absolute atomic E-state index is 11.4. The Kier molecular flexibility index (Phi) is 3.68.